The van der Waals surface area contributed by atoms with Crippen LogP contribution >= 0.6 is 23.2 Å². The predicted octanol–water partition coefficient (Wildman–Crippen LogP) is 5.51. The van der Waals surface area contributed by atoms with Crippen molar-refractivity contribution in [2.24, 2.45) is 7.05 Å². The Hall–Kier alpha value is -3.03. The molecule has 0 atom stereocenters. The van der Waals surface area contributed by atoms with E-state index >= 15 is 0 Å². The molecule has 1 amide bonds. The highest BCUT2D eigenvalue weighted by molar-refractivity contribution is 6.36. The first-order chi connectivity index (χ1) is 14.4. The molecule has 2 heterocycles. The highest BCUT2D eigenvalue weighted by Crippen LogP contribution is 2.31. The molecule has 0 aliphatic carbocycles. The number of halogens is 2. The summed E-state index contributed by atoms with van der Waals surface area (Å²) in [6.07, 6.45) is 1.21. The molecule has 0 saturated heterocycles. The maximum atomic E-state index is 12.3. The summed E-state index contributed by atoms with van der Waals surface area (Å²) in [5.74, 6) is 0.520. The molecule has 2 aromatic heterocycles. The van der Waals surface area contributed by atoms with E-state index in [0.717, 1.165) is 22.0 Å². The van der Waals surface area contributed by atoms with Crippen LogP contribution in [0.15, 0.2) is 48.7 Å². The summed E-state index contributed by atoms with van der Waals surface area (Å²) < 4.78 is 8.84. The highest BCUT2D eigenvalue weighted by atomic mass is 35.5. The number of aryl methyl sites for hydroxylation is 2. The number of hydrogen-bond acceptors (Lipinski definition) is 4. The van der Waals surface area contributed by atoms with E-state index in [1.807, 2.05) is 32.2 Å². The van der Waals surface area contributed by atoms with Gasteiger partial charge in [-0.2, -0.15) is 10.2 Å². The predicted molar refractivity (Wildman–Crippen MR) is 118 cm³/mol. The largest absolute Gasteiger partial charge is 0.444 e. The van der Waals surface area contributed by atoms with Crippen molar-refractivity contribution in [3.8, 4) is 11.3 Å². The zero-order chi connectivity index (χ0) is 21.3. The van der Waals surface area contributed by atoms with Crippen LogP contribution in [-0.2, 0) is 24.9 Å². The second-order valence-corrected chi connectivity index (χ2v) is 7.56. The zero-order valence-electron chi connectivity index (χ0n) is 16.4. The van der Waals surface area contributed by atoms with E-state index in [9.17, 15) is 4.79 Å². The van der Waals surface area contributed by atoms with Crippen molar-refractivity contribution in [3.63, 3.8) is 0 Å². The van der Waals surface area contributed by atoms with Crippen molar-refractivity contribution in [1.82, 2.24) is 19.6 Å². The third-order valence-electron chi connectivity index (χ3n) is 4.70. The Balaban J connectivity index is 1.46. The quantitative estimate of drug-likeness (QED) is 0.441. The van der Waals surface area contributed by atoms with Gasteiger partial charge in [-0.25, -0.2) is 9.48 Å². The minimum Gasteiger partial charge on any atom is -0.444 e. The topological polar surface area (TPSA) is 74.0 Å². The lowest BCUT2D eigenvalue weighted by atomic mass is 10.1. The van der Waals surface area contributed by atoms with Crippen LogP contribution in [0, 0.1) is 0 Å². The molecule has 0 fully saturated rings. The molecule has 30 heavy (non-hydrogen) atoms. The van der Waals surface area contributed by atoms with Crippen LogP contribution in [0.4, 0.5) is 10.6 Å². The SMILES string of the molecule is CCn1nc(-c2ccc(Cl)cc2Cl)cc1NC(=O)OCc1ccc2c(cnn2C)c1. The number of anilines is 1. The number of nitrogens with zero attached hydrogens (tertiary/aromatic N) is 4. The molecule has 0 unspecified atom stereocenters. The molecule has 1 N–H and O–H groups in total. The number of amides is 1. The van der Waals surface area contributed by atoms with Gasteiger partial charge in [-0.3, -0.25) is 10.00 Å². The van der Waals surface area contributed by atoms with Gasteiger partial charge in [-0.1, -0.05) is 29.3 Å². The Morgan fingerprint density at radius 1 is 1.17 bits per heavy atom. The molecule has 4 aromatic rings. The summed E-state index contributed by atoms with van der Waals surface area (Å²) in [5.41, 5.74) is 3.26. The average Bonchev–Trinajstić information content (AvgIpc) is 3.29. The number of aromatic nitrogens is 4. The summed E-state index contributed by atoms with van der Waals surface area (Å²) in [5, 5.41) is 13.5. The van der Waals surface area contributed by atoms with Crippen molar-refractivity contribution in [1.29, 1.82) is 0 Å². The van der Waals surface area contributed by atoms with Gasteiger partial charge in [0.2, 0.25) is 0 Å². The minimum absolute atomic E-state index is 0.146. The Morgan fingerprint density at radius 3 is 2.77 bits per heavy atom. The van der Waals surface area contributed by atoms with Gasteiger partial charge < -0.3 is 4.74 Å². The fraction of sp³-hybridized carbons (Fsp3) is 0.190. The first-order valence-electron chi connectivity index (χ1n) is 9.32. The fourth-order valence-electron chi connectivity index (χ4n) is 3.18. The van der Waals surface area contributed by atoms with Gasteiger partial charge in [0.1, 0.15) is 12.4 Å². The summed E-state index contributed by atoms with van der Waals surface area (Å²) >= 11 is 12.3. The Morgan fingerprint density at radius 2 is 2.00 bits per heavy atom. The summed E-state index contributed by atoms with van der Waals surface area (Å²) in [7, 11) is 1.88. The number of benzene rings is 2. The van der Waals surface area contributed by atoms with E-state index in [1.54, 1.807) is 39.8 Å². The van der Waals surface area contributed by atoms with E-state index in [2.05, 4.69) is 15.5 Å². The van der Waals surface area contributed by atoms with Crippen molar-refractivity contribution in [3.05, 3.63) is 64.3 Å². The van der Waals surface area contributed by atoms with Gasteiger partial charge in [0.25, 0.3) is 0 Å². The normalized spacial score (nSPS) is 11.1. The molecule has 7 nitrogen and oxygen atoms in total. The fourth-order valence-corrected chi connectivity index (χ4v) is 3.69. The van der Waals surface area contributed by atoms with E-state index in [-0.39, 0.29) is 6.61 Å². The number of rotatable bonds is 5. The van der Waals surface area contributed by atoms with Gasteiger partial charge in [0.15, 0.2) is 0 Å². The van der Waals surface area contributed by atoms with Crippen LogP contribution < -0.4 is 5.32 Å². The summed E-state index contributed by atoms with van der Waals surface area (Å²) in [4.78, 5) is 12.3. The Kier molecular flexibility index (Phi) is 5.65. The molecule has 2 aromatic carbocycles. The van der Waals surface area contributed by atoms with Gasteiger partial charge >= 0.3 is 6.09 Å². The lowest BCUT2D eigenvalue weighted by Crippen LogP contribution is -2.16. The molecule has 9 heteroatoms. The lowest BCUT2D eigenvalue weighted by molar-refractivity contribution is 0.155. The molecule has 0 spiro atoms. The van der Waals surface area contributed by atoms with E-state index < -0.39 is 6.09 Å². The summed E-state index contributed by atoms with van der Waals surface area (Å²) in [6.45, 7) is 2.64. The molecular formula is C21H19Cl2N5O2. The van der Waals surface area contributed by atoms with Crippen molar-refractivity contribution in [2.45, 2.75) is 20.1 Å². The van der Waals surface area contributed by atoms with Gasteiger partial charge in [-0.15, -0.1) is 0 Å². The monoisotopic (exact) mass is 443 g/mol. The van der Waals surface area contributed by atoms with E-state index in [1.165, 1.54) is 0 Å². The number of nitrogens with one attached hydrogen (secondary N) is 1. The second-order valence-electron chi connectivity index (χ2n) is 6.72. The van der Waals surface area contributed by atoms with Crippen molar-refractivity contribution >= 4 is 46.0 Å². The van der Waals surface area contributed by atoms with Crippen molar-refractivity contribution in [2.75, 3.05) is 5.32 Å². The molecule has 0 aliphatic heterocycles. The standard InChI is InChI=1S/C21H19Cl2N5O2/c1-3-28-20(10-18(26-28)16-6-5-15(22)9-17(16)23)25-21(29)30-12-13-4-7-19-14(8-13)11-24-27(19)2/h4-11H,3,12H2,1-2H3,(H,25,29). The molecule has 0 saturated carbocycles. The molecular weight excluding hydrogens is 425 g/mol. The third-order valence-corrected chi connectivity index (χ3v) is 5.25. The highest BCUT2D eigenvalue weighted by Gasteiger charge is 2.14. The van der Waals surface area contributed by atoms with Gasteiger partial charge in [-0.05, 0) is 42.8 Å². The minimum atomic E-state index is -0.565. The zero-order valence-corrected chi connectivity index (χ0v) is 17.9. The van der Waals surface area contributed by atoms with Crippen LogP contribution in [0.3, 0.4) is 0 Å². The molecule has 154 valence electrons. The Bertz CT molecular complexity index is 1230. The molecule has 0 bridgehead atoms. The second kappa shape index (κ2) is 8.38. The van der Waals surface area contributed by atoms with Crippen LogP contribution in [0.5, 0.6) is 0 Å². The molecule has 0 aliphatic rings. The van der Waals surface area contributed by atoms with E-state index in [4.69, 9.17) is 27.9 Å². The third kappa shape index (κ3) is 4.13. The van der Waals surface area contributed by atoms with Crippen LogP contribution in [0.25, 0.3) is 22.2 Å². The van der Waals surface area contributed by atoms with Gasteiger partial charge in [0, 0.05) is 35.6 Å². The number of ether oxygens (including phenoxy) is 1. The number of carbonyl (C=O) groups is 1. The first-order valence-corrected chi connectivity index (χ1v) is 10.1. The number of carbonyl (C=O) groups excluding carboxylic acids is 1. The Labute approximate surface area is 183 Å². The van der Waals surface area contributed by atoms with Gasteiger partial charge in [0.05, 0.1) is 22.4 Å². The number of hydrogen-bond donors (Lipinski definition) is 1. The maximum absolute atomic E-state index is 12.3. The van der Waals surface area contributed by atoms with Crippen LogP contribution in [-0.4, -0.2) is 25.7 Å². The smallest absolute Gasteiger partial charge is 0.413 e. The van der Waals surface area contributed by atoms with Crippen molar-refractivity contribution < 1.29 is 9.53 Å². The lowest BCUT2D eigenvalue weighted by Gasteiger charge is -2.08. The first kappa shape index (κ1) is 20.3. The maximum Gasteiger partial charge on any atom is 0.413 e. The molecule has 4 rings (SSSR count). The average molecular weight is 444 g/mol. The summed E-state index contributed by atoms with van der Waals surface area (Å²) in [6, 6.07) is 12.8. The van der Waals surface area contributed by atoms with Crippen LogP contribution in [0.1, 0.15) is 12.5 Å². The van der Waals surface area contributed by atoms with E-state index in [0.29, 0.717) is 28.1 Å². The van der Waals surface area contributed by atoms with Crippen LogP contribution in [0.2, 0.25) is 10.0 Å². The molecule has 0 radical (unpaired) electrons. The number of fused-ring (bicyclic) bond motifs is 1.